The number of piperazine rings is 1. The zero-order chi connectivity index (χ0) is 21.3. The zero-order valence-electron chi connectivity index (χ0n) is 16.6. The number of rotatable bonds is 5. The number of nitrogens with one attached hydrogen (secondary N) is 2. The molecule has 0 bridgehead atoms. The number of carbonyl (C=O) groups is 3. The fraction of sp³-hybridized carbons (Fsp3) is 0.526. The number of ether oxygens (including phenoxy) is 1. The molecule has 3 rings (SSSR count). The lowest BCUT2D eigenvalue weighted by atomic mass is 9.89. The van der Waals surface area contributed by atoms with Gasteiger partial charge in [0, 0.05) is 43.9 Å². The normalized spacial score (nSPS) is 22.9. The Morgan fingerprint density at radius 1 is 1.31 bits per heavy atom. The van der Waals surface area contributed by atoms with Crippen LogP contribution in [-0.2, 0) is 9.59 Å². The summed E-state index contributed by atoms with van der Waals surface area (Å²) in [5, 5.41) is 4.72. The number of benzene rings is 1. The molecule has 1 unspecified atom stereocenters. The van der Waals surface area contributed by atoms with Gasteiger partial charge in [0.25, 0.3) is 5.91 Å². The summed E-state index contributed by atoms with van der Waals surface area (Å²) in [5.41, 5.74) is -0.451. The molecule has 0 aromatic heterocycles. The van der Waals surface area contributed by atoms with E-state index in [2.05, 4.69) is 10.6 Å². The van der Waals surface area contributed by atoms with Crippen molar-refractivity contribution in [3.8, 4) is 5.75 Å². The van der Waals surface area contributed by atoms with Gasteiger partial charge in [0.05, 0.1) is 7.11 Å². The molecule has 1 aromatic rings. The van der Waals surface area contributed by atoms with Gasteiger partial charge in [-0.15, -0.1) is 0 Å². The number of hydrogen-bond acceptors (Lipinski definition) is 5. The molecule has 2 aliphatic heterocycles. The van der Waals surface area contributed by atoms with Gasteiger partial charge in [-0.1, -0.05) is 18.5 Å². The molecule has 1 aromatic carbocycles. The van der Waals surface area contributed by atoms with Crippen LogP contribution in [0.2, 0.25) is 5.02 Å². The molecule has 29 heavy (non-hydrogen) atoms. The van der Waals surface area contributed by atoms with Crippen LogP contribution in [0, 0.1) is 11.7 Å². The predicted molar refractivity (Wildman–Crippen MR) is 106 cm³/mol. The predicted octanol–water partition coefficient (Wildman–Crippen LogP) is 1.76. The fourth-order valence-corrected chi connectivity index (χ4v) is 3.99. The fourth-order valence-electron chi connectivity index (χ4n) is 3.80. The number of anilines is 1. The van der Waals surface area contributed by atoms with Crippen molar-refractivity contribution in [1.82, 2.24) is 15.5 Å². The minimum atomic E-state index is -1.09. The van der Waals surface area contributed by atoms with Gasteiger partial charge in [-0.2, -0.15) is 0 Å². The summed E-state index contributed by atoms with van der Waals surface area (Å²) >= 11 is 5.88. The van der Waals surface area contributed by atoms with Gasteiger partial charge >= 0.3 is 6.03 Å². The van der Waals surface area contributed by atoms with E-state index >= 15 is 0 Å². The van der Waals surface area contributed by atoms with Gasteiger partial charge in [-0.25, -0.2) is 9.18 Å². The Morgan fingerprint density at radius 3 is 2.52 bits per heavy atom. The number of imide groups is 1. The van der Waals surface area contributed by atoms with Gasteiger partial charge in [-0.3, -0.25) is 14.9 Å². The van der Waals surface area contributed by atoms with Crippen LogP contribution in [0.3, 0.4) is 0 Å². The molecule has 2 atom stereocenters. The van der Waals surface area contributed by atoms with E-state index in [-0.39, 0.29) is 23.1 Å². The van der Waals surface area contributed by atoms with E-state index in [1.54, 1.807) is 24.8 Å². The molecule has 0 radical (unpaired) electrons. The first-order valence-corrected chi connectivity index (χ1v) is 9.73. The highest BCUT2D eigenvalue weighted by molar-refractivity contribution is 6.32. The Labute approximate surface area is 173 Å². The Hall–Kier alpha value is -2.55. The second-order valence-electron chi connectivity index (χ2n) is 7.60. The molecule has 0 aliphatic carbocycles. The lowest BCUT2D eigenvalue weighted by molar-refractivity contribution is -0.136. The van der Waals surface area contributed by atoms with Crippen molar-refractivity contribution in [2.75, 3.05) is 38.2 Å². The highest BCUT2D eigenvalue weighted by Gasteiger charge is 2.44. The maximum absolute atomic E-state index is 14.0. The molecule has 2 N–H and O–H groups in total. The van der Waals surface area contributed by atoms with E-state index in [1.807, 2.05) is 4.90 Å². The summed E-state index contributed by atoms with van der Waals surface area (Å²) in [5.74, 6) is -1.24. The minimum Gasteiger partial charge on any atom is -0.495 e. The summed E-state index contributed by atoms with van der Waals surface area (Å²) in [6.45, 7) is 5.33. The topological polar surface area (TPSA) is 91.0 Å². The SMILES string of the molecule is COc1cc(N2CCN(C(=O)C(C)C[C@@]3(C)NC(=O)NC3=O)CC2)cc(F)c1Cl. The molecule has 0 spiro atoms. The Balaban J connectivity index is 1.60. The number of urea groups is 1. The van der Waals surface area contributed by atoms with Crippen LogP contribution in [0.15, 0.2) is 12.1 Å². The lowest BCUT2D eigenvalue weighted by Gasteiger charge is -2.38. The van der Waals surface area contributed by atoms with Crippen LogP contribution < -0.4 is 20.3 Å². The van der Waals surface area contributed by atoms with E-state index < -0.39 is 29.2 Å². The molecule has 4 amide bonds. The second kappa shape index (κ2) is 8.06. The summed E-state index contributed by atoms with van der Waals surface area (Å²) in [7, 11) is 1.43. The van der Waals surface area contributed by atoms with Crippen LogP contribution in [-0.4, -0.2) is 61.6 Å². The molecule has 2 fully saturated rings. The number of hydrogen-bond donors (Lipinski definition) is 2. The minimum absolute atomic E-state index is 0.0598. The molecule has 2 heterocycles. The second-order valence-corrected chi connectivity index (χ2v) is 7.98. The van der Waals surface area contributed by atoms with E-state index in [1.165, 1.54) is 13.2 Å². The molecule has 158 valence electrons. The molecule has 8 nitrogen and oxygen atoms in total. The van der Waals surface area contributed by atoms with Gasteiger partial charge in [0.2, 0.25) is 5.91 Å². The average Bonchev–Trinajstić information content (AvgIpc) is 2.94. The summed E-state index contributed by atoms with van der Waals surface area (Å²) < 4.78 is 19.1. The average molecular weight is 427 g/mol. The van der Waals surface area contributed by atoms with Crippen molar-refractivity contribution in [2.24, 2.45) is 5.92 Å². The van der Waals surface area contributed by atoms with Gasteiger partial charge in [0.1, 0.15) is 22.1 Å². The standard InChI is InChI=1S/C19H24ClFN4O4/c1-11(10-19(2)17(27)22-18(28)23-19)16(26)25-6-4-24(5-7-25)12-8-13(21)15(20)14(9-12)29-3/h8-9,11H,4-7,10H2,1-3H3,(H2,22,23,27,28)/t11?,19-/m1/s1. The first-order chi connectivity index (χ1) is 13.6. The smallest absolute Gasteiger partial charge is 0.322 e. The molecule has 2 saturated heterocycles. The quantitative estimate of drug-likeness (QED) is 0.700. The maximum atomic E-state index is 14.0. The highest BCUT2D eigenvalue weighted by atomic mass is 35.5. The summed E-state index contributed by atoms with van der Waals surface area (Å²) in [4.78, 5) is 39.9. The number of carbonyl (C=O) groups excluding carboxylic acids is 3. The van der Waals surface area contributed by atoms with Crippen LogP contribution in [0.5, 0.6) is 5.75 Å². The molecule has 10 heteroatoms. The van der Waals surface area contributed by atoms with Gasteiger partial charge in [-0.05, 0) is 19.4 Å². The van der Waals surface area contributed by atoms with Gasteiger partial charge < -0.3 is 19.9 Å². The Kier molecular flexibility index (Phi) is 5.88. The third kappa shape index (κ3) is 4.24. The number of methoxy groups -OCH3 is 1. The van der Waals surface area contributed by atoms with Crippen molar-refractivity contribution < 1.29 is 23.5 Å². The summed E-state index contributed by atoms with van der Waals surface area (Å²) in [6, 6.07) is 2.48. The Morgan fingerprint density at radius 2 is 1.97 bits per heavy atom. The number of amides is 4. The molecular weight excluding hydrogens is 403 g/mol. The highest BCUT2D eigenvalue weighted by Crippen LogP contribution is 2.33. The first-order valence-electron chi connectivity index (χ1n) is 9.35. The lowest BCUT2D eigenvalue weighted by Crippen LogP contribution is -2.52. The molecule has 0 saturated carbocycles. The third-order valence-corrected chi connectivity index (χ3v) is 5.78. The van der Waals surface area contributed by atoms with Crippen LogP contribution in [0.4, 0.5) is 14.9 Å². The number of nitrogens with zero attached hydrogens (tertiary/aromatic N) is 2. The Bertz CT molecular complexity index is 844. The third-order valence-electron chi connectivity index (χ3n) is 5.41. The van der Waals surface area contributed by atoms with Crippen molar-refractivity contribution in [3.05, 3.63) is 23.0 Å². The van der Waals surface area contributed by atoms with Crippen molar-refractivity contribution in [2.45, 2.75) is 25.8 Å². The largest absolute Gasteiger partial charge is 0.495 e. The van der Waals surface area contributed by atoms with Crippen LogP contribution in [0.1, 0.15) is 20.3 Å². The molecule has 2 aliphatic rings. The van der Waals surface area contributed by atoms with Crippen molar-refractivity contribution in [3.63, 3.8) is 0 Å². The summed E-state index contributed by atoms with van der Waals surface area (Å²) in [6.07, 6.45) is 0.212. The van der Waals surface area contributed by atoms with E-state index in [0.29, 0.717) is 31.9 Å². The van der Waals surface area contributed by atoms with Crippen molar-refractivity contribution >= 4 is 35.1 Å². The van der Waals surface area contributed by atoms with Crippen molar-refractivity contribution in [1.29, 1.82) is 0 Å². The van der Waals surface area contributed by atoms with Crippen LogP contribution in [0.25, 0.3) is 0 Å². The maximum Gasteiger partial charge on any atom is 0.322 e. The first kappa shape index (κ1) is 21.2. The number of halogens is 2. The van der Waals surface area contributed by atoms with E-state index in [4.69, 9.17) is 16.3 Å². The van der Waals surface area contributed by atoms with Gasteiger partial charge in [0.15, 0.2) is 0 Å². The molecular formula is C19H24ClFN4O4. The van der Waals surface area contributed by atoms with E-state index in [9.17, 15) is 18.8 Å². The van der Waals surface area contributed by atoms with E-state index in [0.717, 1.165) is 0 Å². The van der Waals surface area contributed by atoms with Crippen LogP contribution >= 0.6 is 11.6 Å². The zero-order valence-corrected chi connectivity index (χ0v) is 17.3. The monoisotopic (exact) mass is 426 g/mol.